The van der Waals surface area contributed by atoms with Crippen LogP contribution in [0.5, 0.6) is 0 Å². The van der Waals surface area contributed by atoms with E-state index in [1.807, 2.05) is 11.8 Å². The predicted octanol–water partition coefficient (Wildman–Crippen LogP) is 1.30. The molecule has 2 heterocycles. The van der Waals surface area contributed by atoms with Crippen molar-refractivity contribution in [3.8, 4) is 0 Å². The Labute approximate surface area is 147 Å². The smallest absolute Gasteiger partial charge is 0.262 e. The highest BCUT2D eigenvalue weighted by atomic mass is 35.5. The van der Waals surface area contributed by atoms with Gasteiger partial charge in [-0.05, 0) is 31.5 Å². The van der Waals surface area contributed by atoms with Crippen LogP contribution in [-0.2, 0) is 4.79 Å². The average Bonchev–Trinajstić information content (AvgIpc) is 3.16. The second kappa shape index (κ2) is 7.77. The van der Waals surface area contributed by atoms with Crippen LogP contribution in [0, 0.1) is 0 Å². The van der Waals surface area contributed by atoms with E-state index in [9.17, 15) is 14.4 Å². The third-order valence-electron chi connectivity index (χ3n) is 4.43. The normalized spacial score (nSPS) is 19.2. The zero-order chi connectivity index (χ0) is 16.4. The van der Waals surface area contributed by atoms with Gasteiger partial charge in [-0.2, -0.15) is 0 Å². The summed E-state index contributed by atoms with van der Waals surface area (Å²) in [5, 5.41) is 3.25. The number of nitrogens with one attached hydrogen (secondary N) is 1. The standard InChI is InChI=1S/C17H21N3O3.ClH/c1-2-9-19(12-7-8-18-10-12)15(21)11-20-16(22)13-5-3-4-6-14(13)17(20)23;/h3-6,12,18H,2,7-11H2,1H3;1H. The molecule has 0 bridgehead atoms. The fraction of sp³-hybridized carbons (Fsp3) is 0.471. The Morgan fingerprint density at radius 3 is 2.38 bits per heavy atom. The van der Waals surface area contributed by atoms with Crippen LogP contribution >= 0.6 is 12.4 Å². The molecular formula is C17H22ClN3O3. The summed E-state index contributed by atoms with van der Waals surface area (Å²) in [6.07, 6.45) is 1.76. The molecule has 3 rings (SSSR count). The van der Waals surface area contributed by atoms with Crippen molar-refractivity contribution in [2.75, 3.05) is 26.2 Å². The monoisotopic (exact) mass is 351 g/mol. The number of benzene rings is 1. The molecule has 1 fully saturated rings. The summed E-state index contributed by atoms with van der Waals surface area (Å²) < 4.78 is 0. The Kier molecular flexibility index (Phi) is 5.96. The minimum atomic E-state index is -0.375. The molecule has 1 saturated heterocycles. The predicted molar refractivity (Wildman–Crippen MR) is 92.3 cm³/mol. The molecule has 0 radical (unpaired) electrons. The Morgan fingerprint density at radius 1 is 1.25 bits per heavy atom. The Morgan fingerprint density at radius 2 is 1.88 bits per heavy atom. The van der Waals surface area contributed by atoms with Crippen LogP contribution in [0.3, 0.4) is 0 Å². The summed E-state index contributed by atoms with van der Waals surface area (Å²) in [6, 6.07) is 6.86. The maximum Gasteiger partial charge on any atom is 0.262 e. The van der Waals surface area contributed by atoms with E-state index in [2.05, 4.69) is 5.32 Å². The molecule has 1 aromatic rings. The van der Waals surface area contributed by atoms with E-state index in [-0.39, 0.29) is 42.7 Å². The van der Waals surface area contributed by atoms with E-state index in [1.165, 1.54) is 0 Å². The fourth-order valence-electron chi connectivity index (χ4n) is 3.27. The number of hydrogen-bond donors (Lipinski definition) is 1. The van der Waals surface area contributed by atoms with Crippen molar-refractivity contribution in [1.82, 2.24) is 15.1 Å². The Hall–Kier alpha value is -1.92. The number of rotatable bonds is 5. The lowest BCUT2D eigenvalue weighted by atomic mass is 10.1. The van der Waals surface area contributed by atoms with Crippen LogP contribution in [0.15, 0.2) is 24.3 Å². The molecule has 1 N–H and O–H groups in total. The van der Waals surface area contributed by atoms with Gasteiger partial charge in [-0.3, -0.25) is 19.3 Å². The number of carbonyl (C=O) groups is 3. The van der Waals surface area contributed by atoms with Gasteiger partial charge in [-0.25, -0.2) is 0 Å². The number of halogens is 1. The van der Waals surface area contributed by atoms with Crippen LogP contribution in [-0.4, -0.2) is 59.7 Å². The van der Waals surface area contributed by atoms with Gasteiger partial charge < -0.3 is 10.2 Å². The zero-order valence-electron chi connectivity index (χ0n) is 13.7. The Balaban J connectivity index is 0.00000208. The molecule has 6 nitrogen and oxygen atoms in total. The molecule has 0 spiro atoms. The number of hydrogen-bond acceptors (Lipinski definition) is 4. The third kappa shape index (κ3) is 3.30. The fourth-order valence-corrected chi connectivity index (χ4v) is 3.27. The van der Waals surface area contributed by atoms with E-state index < -0.39 is 0 Å². The summed E-state index contributed by atoms with van der Waals surface area (Å²) in [5.41, 5.74) is 0.768. The molecule has 0 aliphatic carbocycles. The van der Waals surface area contributed by atoms with Crippen LogP contribution in [0.1, 0.15) is 40.5 Å². The maximum atomic E-state index is 12.7. The van der Waals surface area contributed by atoms with E-state index in [0.29, 0.717) is 17.7 Å². The molecule has 0 aromatic heterocycles. The first kappa shape index (κ1) is 18.4. The van der Waals surface area contributed by atoms with Crippen molar-refractivity contribution < 1.29 is 14.4 Å². The highest BCUT2D eigenvalue weighted by Gasteiger charge is 2.38. The highest BCUT2D eigenvalue weighted by molar-refractivity contribution is 6.22. The van der Waals surface area contributed by atoms with Crippen molar-refractivity contribution >= 4 is 30.1 Å². The largest absolute Gasteiger partial charge is 0.337 e. The van der Waals surface area contributed by atoms with E-state index in [4.69, 9.17) is 0 Å². The molecule has 24 heavy (non-hydrogen) atoms. The highest BCUT2D eigenvalue weighted by Crippen LogP contribution is 2.22. The molecule has 1 aromatic carbocycles. The summed E-state index contributed by atoms with van der Waals surface area (Å²) in [7, 11) is 0. The van der Waals surface area contributed by atoms with Crippen LogP contribution in [0.25, 0.3) is 0 Å². The molecule has 3 amide bonds. The summed E-state index contributed by atoms with van der Waals surface area (Å²) in [4.78, 5) is 40.3. The SMILES string of the molecule is CCCN(C(=O)CN1C(=O)c2ccccc2C1=O)C1CCNC1.Cl. The summed E-state index contributed by atoms with van der Waals surface area (Å²) in [6.45, 7) is 4.15. The lowest BCUT2D eigenvalue weighted by Gasteiger charge is -2.29. The quantitative estimate of drug-likeness (QED) is 0.812. The maximum absolute atomic E-state index is 12.7. The van der Waals surface area contributed by atoms with Crippen molar-refractivity contribution in [2.24, 2.45) is 0 Å². The summed E-state index contributed by atoms with van der Waals surface area (Å²) in [5.74, 6) is -0.907. The molecule has 0 saturated carbocycles. The molecule has 2 aliphatic heterocycles. The van der Waals surface area contributed by atoms with Gasteiger partial charge in [0.2, 0.25) is 5.91 Å². The van der Waals surface area contributed by atoms with Crippen LogP contribution in [0.2, 0.25) is 0 Å². The molecule has 1 atom stereocenters. The number of nitrogens with zero attached hydrogens (tertiary/aromatic N) is 2. The molecule has 1 unspecified atom stereocenters. The summed E-state index contributed by atoms with van der Waals surface area (Å²) >= 11 is 0. The van der Waals surface area contributed by atoms with Gasteiger partial charge in [0, 0.05) is 19.1 Å². The van der Waals surface area contributed by atoms with Gasteiger partial charge in [0.05, 0.1) is 11.1 Å². The minimum Gasteiger partial charge on any atom is -0.337 e. The number of carbonyl (C=O) groups excluding carboxylic acids is 3. The number of fused-ring (bicyclic) bond motifs is 1. The first-order valence-corrected chi connectivity index (χ1v) is 8.09. The van der Waals surface area contributed by atoms with E-state index >= 15 is 0 Å². The Bertz CT molecular complexity index is 609. The van der Waals surface area contributed by atoms with Crippen molar-refractivity contribution in [3.05, 3.63) is 35.4 Å². The van der Waals surface area contributed by atoms with Gasteiger partial charge >= 0.3 is 0 Å². The topological polar surface area (TPSA) is 69.7 Å². The minimum absolute atomic E-state index is 0. The van der Waals surface area contributed by atoms with Gasteiger partial charge in [0.25, 0.3) is 11.8 Å². The average molecular weight is 352 g/mol. The van der Waals surface area contributed by atoms with Gasteiger partial charge in [-0.15, -0.1) is 12.4 Å². The van der Waals surface area contributed by atoms with E-state index in [0.717, 1.165) is 30.8 Å². The second-order valence-electron chi connectivity index (χ2n) is 5.98. The lowest BCUT2D eigenvalue weighted by molar-refractivity contribution is -0.133. The van der Waals surface area contributed by atoms with Crippen molar-refractivity contribution in [2.45, 2.75) is 25.8 Å². The second-order valence-corrected chi connectivity index (χ2v) is 5.98. The number of imide groups is 1. The molecule has 130 valence electrons. The van der Waals surface area contributed by atoms with Crippen LogP contribution in [0.4, 0.5) is 0 Å². The molecule has 7 heteroatoms. The first-order chi connectivity index (χ1) is 11.1. The number of amides is 3. The molecule has 2 aliphatic rings. The third-order valence-corrected chi connectivity index (χ3v) is 4.43. The first-order valence-electron chi connectivity index (χ1n) is 8.09. The zero-order valence-corrected chi connectivity index (χ0v) is 14.5. The molecular weight excluding hydrogens is 330 g/mol. The van der Waals surface area contributed by atoms with E-state index in [1.54, 1.807) is 24.3 Å². The van der Waals surface area contributed by atoms with Gasteiger partial charge in [0.15, 0.2) is 0 Å². The van der Waals surface area contributed by atoms with Gasteiger partial charge in [-0.1, -0.05) is 19.1 Å². The van der Waals surface area contributed by atoms with Crippen molar-refractivity contribution in [1.29, 1.82) is 0 Å². The lowest BCUT2D eigenvalue weighted by Crippen LogP contribution is -2.48. The van der Waals surface area contributed by atoms with Crippen LogP contribution < -0.4 is 5.32 Å². The van der Waals surface area contributed by atoms with Crippen molar-refractivity contribution in [3.63, 3.8) is 0 Å². The van der Waals surface area contributed by atoms with Gasteiger partial charge in [0.1, 0.15) is 6.54 Å².